The van der Waals surface area contributed by atoms with E-state index in [1.807, 2.05) is 0 Å². The maximum absolute atomic E-state index is 12.5. The van der Waals surface area contributed by atoms with Crippen LogP contribution in [0.3, 0.4) is 0 Å². The molecule has 2 fully saturated rings. The van der Waals surface area contributed by atoms with E-state index in [4.69, 9.17) is 0 Å². The van der Waals surface area contributed by atoms with E-state index >= 15 is 0 Å². The van der Waals surface area contributed by atoms with Crippen LogP contribution in [-0.2, 0) is 14.8 Å². The van der Waals surface area contributed by atoms with Crippen LogP contribution < -0.4 is 5.32 Å². The van der Waals surface area contributed by atoms with Gasteiger partial charge in [0, 0.05) is 31.7 Å². The lowest BCUT2D eigenvalue weighted by Gasteiger charge is -2.42. The van der Waals surface area contributed by atoms with Crippen LogP contribution in [0.15, 0.2) is 29.2 Å². The molecule has 4 amide bonds. The molecule has 146 valence electrons. The smallest absolute Gasteiger partial charge is 0.324 e. The molecule has 10 heteroatoms. The fourth-order valence-corrected chi connectivity index (χ4v) is 4.71. The van der Waals surface area contributed by atoms with Gasteiger partial charge < -0.3 is 10.2 Å². The number of carbonyl (C=O) groups is 3. The van der Waals surface area contributed by atoms with Crippen LogP contribution in [0, 0.1) is 0 Å². The molecule has 2 saturated heterocycles. The van der Waals surface area contributed by atoms with E-state index in [-0.39, 0.29) is 42.4 Å². The fourth-order valence-electron chi connectivity index (χ4n) is 3.25. The van der Waals surface area contributed by atoms with Crippen LogP contribution in [0.25, 0.3) is 0 Å². The maximum Gasteiger partial charge on any atom is 0.324 e. The summed E-state index contributed by atoms with van der Waals surface area (Å²) in [5.74, 6) is -0.548. The number of benzene rings is 1. The van der Waals surface area contributed by atoms with Gasteiger partial charge in [0.2, 0.25) is 15.9 Å². The van der Waals surface area contributed by atoms with Crippen molar-refractivity contribution >= 4 is 27.9 Å². The predicted octanol–water partition coefficient (Wildman–Crippen LogP) is 0.0933. The van der Waals surface area contributed by atoms with Gasteiger partial charge >= 0.3 is 6.03 Å². The lowest BCUT2D eigenvalue weighted by atomic mass is 10.1. The first-order valence-corrected chi connectivity index (χ1v) is 10.2. The van der Waals surface area contributed by atoms with Gasteiger partial charge in [0.05, 0.1) is 17.5 Å². The molecule has 2 heterocycles. The van der Waals surface area contributed by atoms with E-state index in [0.717, 1.165) is 4.90 Å². The number of nitrogens with zero attached hydrogens (tertiary/aromatic N) is 3. The minimum atomic E-state index is -3.57. The summed E-state index contributed by atoms with van der Waals surface area (Å²) in [6.45, 7) is 4.82. The number of nitrogens with one attached hydrogen (secondary N) is 1. The van der Waals surface area contributed by atoms with Crippen molar-refractivity contribution in [3.63, 3.8) is 0 Å². The van der Waals surface area contributed by atoms with Gasteiger partial charge in [-0.3, -0.25) is 14.5 Å². The molecule has 0 saturated carbocycles. The maximum atomic E-state index is 12.5. The largest absolute Gasteiger partial charge is 0.334 e. The third kappa shape index (κ3) is 3.42. The van der Waals surface area contributed by atoms with Crippen molar-refractivity contribution in [3.8, 4) is 0 Å². The Labute approximate surface area is 158 Å². The molecule has 3 rings (SSSR count). The summed E-state index contributed by atoms with van der Waals surface area (Å²) in [6.07, 6.45) is 0. The first-order valence-electron chi connectivity index (χ1n) is 8.79. The Morgan fingerprint density at radius 1 is 1.15 bits per heavy atom. The summed E-state index contributed by atoms with van der Waals surface area (Å²) in [4.78, 5) is 38.7. The number of hydrogen-bond acceptors (Lipinski definition) is 5. The van der Waals surface area contributed by atoms with Gasteiger partial charge in [-0.15, -0.1) is 0 Å². The zero-order valence-corrected chi connectivity index (χ0v) is 16.0. The first kappa shape index (κ1) is 19.3. The standard InChI is InChI=1S/C17H22N4O5S/c1-3-20(4-2)27(25,26)14-7-5-12(6-8-14)16(23)19-10-13(11-19)21-15(22)9-18-17(21)24/h5-8,13H,3-4,9-11H2,1-2H3,(H,18,24). The second kappa shape index (κ2) is 7.28. The normalized spacial score (nSPS) is 18.0. The average Bonchev–Trinajstić information content (AvgIpc) is 2.94. The number of hydrogen-bond donors (Lipinski definition) is 1. The molecule has 0 atom stereocenters. The molecule has 9 nitrogen and oxygen atoms in total. The van der Waals surface area contributed by atoms with E-state index in [1.54, 1.807) is 13.8 Å². The molecule has 2 aliphatic heterocycles. The highest BCUT2D eigenvalue weighted by molar-refractivity contribution is 7.89. The van der Waals surface area contributed by atoms with E-state index in [9.17, 15) is 22.8 Å². The molecule has 0 radical (unpaired) electrons. The number of sulfonamides is 1. The van der Waals surface area contributed by atoms with Crippen molar-refractivity contribution in [2.24, 2.45) is 0 Å². The van der Waals surface area contributed by atoms with Gasteiger partial charge in [-0.25, -0.2) is 13.2 Å². The Bertz CT molecular complexity index is 842. The van der Waals surface area contributed by atoms with Crippen molar-refractivity contribution in [1.82, 2.24) is 19.4 Å². The highest BCUT2D eigenvalue weighted by Crippen LogP contribution is 2.22. The summed E-state index contributed by atoms with van der Waals surface area (Å²) in [5, 5.41) is 2.46. The predicted molar refractivity (Wildman–Crippen MR) is 96.5 cm³/mol. The molecule has 1 aromatic rings. The fraction of sp³-hybridized carbons (Fsp3) is 0.471. The van der Waals surface area contributed by atoms with Crippen molar-refractivity contribution in [2.45, 2.75) is 24.8 Å². The molecule has 2 aliphatic rings. The number of amides is 4. The molecule has 1 N–H and O–H groups in total. The average molecular weight is 394 g/mol. The number of imide groups is 1. The Hall–Kier alpha value is -2.46. The summed E-state index contributed by atoms with van der Waals surface area (Å²) in [5.41, 5.74) is 0.365. The van der Waals surface area contributed by atoms with Crippen LogP contribution in [0.2, 0.25) is 0 Å². The van der Waals surface area contributed by atoms with Gasteiger partial charge in [-0.2, -0.15) is 4.31 Å². The SMILES string of the molecule is CCN(CC)S(=O)(=O)c1ccc(C(=O)N2CC(N3C(=O)CNC3=O)C2)cc1. The molecular weight excluding hydrogens is 372 g/mol. The Kier molecular flexibility index (Phi) is 5.20. The number of urea groups is 1. The third-order valence-electron chi connectivity index (χ3n) is 4.84. The van der Waals surface area contributed by atoms with Crippen molar-refractivity contribution in [3.05, 3.63) is 29.8 Å². The summed E-state index contributed by atoms with van der Waals surface area (Å²) >= 11 is 0. The van der Waals surface area contributed by atoms with Crippen molar-refractivity contribution < 1.29 is 22.8 Å². The Morgan fingerprint density at radius 2 is 1.74 bits per heavy atom. The lowest BCUT2D eigenvalue weighted by Crippen LogP contribution is -2.62. The molecule has 0 unspecified atom stereocenters. The molecular formula is C17H22N4O5S. The van der Waals surface area contributed by atoms with Gasteiger partial charge in [0.25, 0.3) is 5.91 Å². The van der Waals surface area contributed by atoms with Crippen LogP contribution >= 0.6 is 0 Å². The third-order valence-corrected chi connectivity index (χ3v) is 6.90. The second-order valence-corrected chi connectivity index (χ2v) is 8.34. The minimum Gasteiger partial charge on any atom is -0.334 e. The van der Waals surface area contributed by atoms with Crippen LogP contribution in [0.5, 0.6) is 0 Å². The van der Waals surface area contributed by atoms with Crippen LogP contribution in [0.4, 0.5) is 4.79 Å². The van der Waals surface area contributed by atoms with Crippen molar-refractivity contribution in [2.75, 3.05) is 32.7 Å². The number of rotatable bonds is 6. The molecule has 0 aromatic heterocycles. The second-order valence-electron chi connectivity index (χ2n) is 6.40. The molecule has 27 heavy (non-hydrogen) atoms. The quantitative estimate of drug-likeness (QED) is 0.689. The van der Waals surface area contributed by atoms with Gasteiger partial charge in [0.15, 0.2) is 0 Å². The highest BCUT2D eigenvalue weighted by atomic mass is 32.2. The molecule has 1 aromatic carbocycles. The van der Waals surface area contributed by atoms with Crippen molar-refractivity contribution in [1.29, 1.82) is 0 Å². The van der Waals surface area contributed by atoms with E-state index < -0.39 is 16.1 Å². The van der Waals surface area contributed by atoms with E-state index in [0.29, 0.717) is 18.7 Å². The zero-order valence-electron chi connectivity index (χ0n) is 15.2. The van der Waals surface area contributed by atoms with Crippen LogP contribution in [0.1, 0.15) is 24.2 Å². The van der Waals surface area contributed by atoms with E-state index in [2.05, 4.69) is 5.32 Å². The molecule has 0 aliphatic carbocycles. The number of carbonyl (C=O) groups excluding carboxylic acids is 3. The molecule has 0 bridgehead atoms. The van der Waals surface area contributed by atoms with Gasteiger partial charge in [-0.05, 0) is 24.3 Å². The van der Waals surface area contributed by atoms with Gasteiger partial charge in [-0.1, -0.05) is 13.8 Å². The summed E-state index contributed by atoms with van der Waals surface area (Å²) in [6, 6.07) is 5.08. The van der Waals surface area contributed by atoms with Gasteiger partial charge in [0.1, 0.15) is 0 Å². The first-order chi connectivity index (χ1) is 12.8. The summed E-state index contributed by atoms with van der Waals surface area (Å²) < 4.78 is 26.3. The zero-order chi connectivity index (χ0) is 19.8. The number of likely N-dealkylation sites (tertiary alicyclic amines) is 1. The molecule has 0 spiro atoms. The van der Waals surface area contributed by atoms with E-state index in [1.165, 1.54) is 33.5 Å². The lowest BCUT2D eigenvalue weighted by molar-refractivity contribution is -0.128. The minimum absolute atomic E-state index is 0.00818. The monoisotopic (exact) mass is 394 g/mol. The topological polar surface area (TPSA) is 107 Å². The van der Waals surface area contributed by atoms with Crippen LogP contribution in [-0.4, -0.2) is 79.1 Å². The Morgan fingerprint density at radius 3 is 2.22 bits per heavy atom. The Balaban J connectivity index is 1.66. The summed E-state index contributed by atoms with van der Waals surface area (Å²) in [7, 11) is -3.57. The highest BCUT2D eigenvalue weighted by Gasteiger charge is 2.43.